The number of aromatic nitrogens is 1. The smallest absolute Gasteiger partial charge is 0.133 e. The van der Waals surface area contributed by atoms with Gasteiger partial charge in [-0.2, -0.15) is 0 Å². The number of hydrogen-bond donors (Lipinski definition) is 1. The summed E-state index contributed by atoms with van der Waals surface area (Å²) in [5.74, 6) is 0.999. The van der Waals surface area contributed by atoms with Gasteiger partial charge < -0.3 is 10.6 Å². The molecular formula is C17H23N3. The second kappa shape index (κ2) is 7.06. The molecule has 1 aromatic heterocycles. The molecule has 0 saturated carbocycles. The molecule has 20 heavy (non-hydrogen) atoms. The zero-order valence-electron chi connectivity index (χ0n) is 12.3. The van der Waals surface area contributed by atoms with Crippen LogP contribution in [0.2, 0.25) is 0 Å². The van der Waals surface area contributed by atoms with Crippen molar-refractivity contribution in [1.82, 2.24) is 4.98 Å². The van der Waals surface area contributed by atoms with Gasteiger partial charge in [0.2, 0.25) is 0 Å². The van der Waals surface area contributed by atoms with E-state index in [1.54, 1.807) is 0 Å². The van der Waals surface area contributed by atoms with Gasteiger partial charge in [-0.05, 0) is 37.1 Å². The highest BCUT2D eigenvalue weighted by molar-refractivity contribution is 5.60. The van der Waals surface area contributed by atoms with E-state index in [-0.39, 0.29) is 0 Å². The number of pyridine rings is 1. The number of hydrogen-bond acceptors (Lipinski definition) is 3. The molecule has 0 bridgehead atoms. The normalized spacial score (nSPS) is 10.6. The third-order valence-corrected chi connectivity index (χ3v) is 3.48. The Labute approximate surface area is 121 Å². The number of anilines is 2. The Bertz CT molecular complexity index is 537. The maximum Gasteiger partial charge on any atom is 0.133 e. The summed E-state index contributed by atoms with van der Waals surface area (Å²) in [5.41, 5.74) is 9.03. The summed E-state index contributed by atoms with van der Waals surface area (Å²) < 4.78 is 0. The average Bonchev–Trinajstić information content (AvgIpc) is 2.49. The molecule has 2 rings (SSSR count). The molecule has 1 heterocycles. The van der Waals surface area contributed by atoms with Gasteiger partial charge >= 0.3 is 0 Å². The van der Waals surface area contributed by atoms with Crippen molar-refractivity contribution in [3.63, 3.8) is 0 Å². The number of nitrogens with two attached hydrogens (primary N) is 1. The van der Waals surface area contributed by atoms with Gasteiger partial charge in [0.1, 0.15) is 5.82 Å². The van der Waals surface area contributed by atoms with Crippen molar-refractivity contribution in [2.24, 2.45) is 5.73 Å². The van der Waals surface area contributed by atoms with Crippen molar-refractivity contribution >= 4 is 11.5 Å². The van der Waals surface area contributed by atoms with Crippen LogP contribution in [0.15, 0.2) is 42.5 Å². The minimum atomic E-state index is 0.541. The Balaban J connectivity index is 2.33. The summed E-state index contributed by atoms with van der Waals surface area (Å²) in [4.78, 5) is 6.99. The van der Waals surface area contributed by atoms with Crippen LogP contribution >= 0.6 is 0 Å². The number of nitrogens with zero attached hydrogens (tertiary/aromatic N) is 2. The molecule has 0 fully saturated rings. The third kappa shape index (κ3) is 3.36. The van der Waals surface area contributed by atoms with E-state index in [0.717, 1.165) is 30.0 Å². The highest BCUT2D eigenvalue weighted by Crippen LogP contribution is 2.24. The second-order valence-electron chi connectivity index (χ2n) is 4.96. The predicted octanol–water partition coefficient (Wildman–Crippen LogP) is 3.79. The summed E-state index contributed by atoms with van der Waals surface area (Å²) in [7, 11) is 0. The SMILES string of the molecule is CCCCN(c1ccccc1)c1ccc(CN)c(C)n1. The van der Waals surface area contributed by atoms with E-state index in [2.05, 4.69) is 48.2 Å². The van der Waals surface area contributed by atoms with E-state index in [4.69, 9.17) is 10.7 Å². The molecule has 106 valence electrons. The van der Waals surface area contributed by atoms with Crippen LogP contribution in [-0.2, 0) is 6.54 Å². The van der Waals surface area contributed by atoms with Gasteiger partial charge in [0.25, 0.3) is 0 Å². The van der Waals surface area contributed by atoms with Crippen LogP contribution in [0.25, 0.3) is 0 Å². The highest BCUT2D eigenvalue weighted by Gasteiger charge is 2.11. The molecule has 1 aromatic carbocycles. The molecule has 0 aliphatic heterocycles. The first-order valence-electron chi connectivity index (χ1n) is 7.25. The summed E-state index contributed by atoms with van der Waals surface area (Å²) >= 11 is 0. The van der Waals surface area contributed by atoms with Crippen LogP contribution in [0.3, 0.4) is 0 Å². The first-order chi connectivity index (χ1) is 9.76. The van der Waals surface area contributed by atoms with Crippen LogP contribution < -0.4 is 10.6 Å². The Kier molecular flexibility index (Phi) is 5.13. The van der Waals surface area contributed by atoms with Gasteiger partial charge in [-0.25, -0.2) is 4.98 Å². The van der Waals surface area contributed by atoms with Gasteiger partial charge in [-0.1, -0.05) is 37.6 Å². The van der Waals surface area contributed by atoms with E-state index < -0.39 is 0 Å². The van der Waals surface area contributed by atoms with Crippen molar-refractivity contribution in [3.05, 3.63) is 53.7 Å². The summed E-state index contributed by atoms with van der Waals surface area (Å²) in [6, 6.07) is 14.6. The van der Waals surface area contributed by atoms with Crippen molar-refractivity contribution in [1.29, 1.82) is 0 Å². The van der Waals surface area contributed by atoms with Crippen molar-refractivity contribution in [3.8, 4) is 0 Å². The fourth-order valence-electron chi connectivity index (χ4n) is 2.24. The lowest BCUT2D eigenvalue weighted by Gasteiger charge is -2.24. The fourth-order valence-corrected chi connectivity index (χ4v) is 2.24. The molecule has 0 spiro atoms. The predicted molar refractivity (Wildman–Crippen MR) is 85.2 cm³/mol. The van der Waals surface area contributed by atoms with E-state index in [1.165, 1.54) is 12.1 Å². The number of aryl methyl sites for hydroxylation is 1. The zero-order chi connectivity index (χ0) is 14.4. The second-order valence-corrected chi connectivity index (χ2v) is 4.96. The molecule has 0 aliphatic rings. The van der Waals surface area contributed by atoms with Crippen molar-refractivity contribution in [2.45, 2.75) is 33.2 Å². The van der Waals surface area contributed by atoms with E-state index in [1.807, 2.05) is 13.0 Å². The first kappa shape index (κ1) is 14.5. The van der Waals surface area contributed by atoms with E-state index in [0.29, 0.717) is 6.54 Å². The van der Waals surface area contributed by atoms with Crippen LogP contribution in [-0.4, -0.2) is 11.5 Å². The first-order valence-corrected chi connectivity index (χ1v) is 7.25. The number of unbranched alkanes of at least 4 members (excludes halogenated alkanes) is 1. The van der Waals surface area contributed by atoms with Crippen molar-refractivity contribution < 1.29 is 0 Å². The fraction of sp³-hybridized carbons (Fsp3) is 0.353. The maximum atomic E-state index is 5.71. The van der Waals surface area contributed by atoms with Gasteiger partial charge in [-0.3, -0.25) is 0 Å². The van der Waals surface area contributed by atoms with Crippen LogP contribution in [0, 0.1) is 6.92 Å². The van der Waals surface area contributed by atoms with Gasteiger partial charge in [0.05, 0.1) is 0 Å². The Morgan fingerprint density at radius 2 is 1.85 bits per heavy atom. The number of benzene rings is 1. The third-order valence-electron chi connectivity index (χ3n) is 3.48. The monoisotopic (exact) mass is 269 g/mol. The Hall–Kier alpha value is -1.87. The molecule has 3 heteroatoms. The largest absolute Gasteiger partial charge is 0.326 e. The Morgan fingerprint density at radius 3 is 2.45 bits per heavy atom. The number of para-hydroxylation sites is 1. The standard InChI is InChI=1S/C17H23N3/c1-3-4-12-20(16-8-6-5-7-9-16)17-11-10-15(13-18)14(2)19-17/h5-11H,3-4,12-13,18H2,1-2H3. The van der Waals surface area contributed by atoms with Gasteiger partial charge in [0, 0.05) is 24.5 Å². The molecule has 0 unspecified atom stereocenters. The number of rotatable bonds is 6. The topological polar surface area (TPSA) is 42.1 Å². The maximum absolute atomic E-state index is 5.71. The van der Waals surface area contributed by atoms with Crippen LogP contribution in [0.5, 0.6) is 0 Å². The molecule has 0 amide bonds. The zero-order valence-corrected chi connectivity index (χ0v) is 12.3. The summed E-state index contributed by atoms with van der Waals surface area (Å²) in [5, 5.41) is 0. The van der Waals surface area contributed by atoms with Crippen molar-refractivity contribution in [2.75, 3.05) is 11.4 Å². The van der Waals surface area contributed by atoms with Gasteiger partial charge in [0.15, 0.2) is 0 Å². The van der Waals surface area contributed by atoms with E-state index in [9.17, 15) is 0 Å². The lowest BCUT2D eigenvalue weighted by molar-refractivity contribution is 0.777. The average molecular weight is 269 g/mol. The molecule has 2 aromatic rings. The summed E-state index contributed by atoms with van der Waals surface area (Å²) in [6.07, 6.45) is 2.32. The molecule has 0 atom stereocenters. The lowest BCUT2D eigenvalue weighted by atomic mass is 10.2. The lowest BCUT2D eigenvalue weighted by Crippen LogP contribution is -2.20. The Morgan fingerprint density at radius 1 is 1.10 bits per heavy atom. The summed E-state index contributed by atoms with van der Waals surface area (Å²) in [6.45, 7) is 5.75. The van der Waals surface area contributed by atoms with Crippen LogP contribution in [0.4, 0.5) is 11.5 Å². The van der Waals surface area contributed by atoms with Gasteiger partial charge in [-0.15, -0.1) is 0 Å². The molecule has 0 saturated heterocycles. The molecular weight excluding hydrogens is 246 g/mol. The molecule has 2 N–H and O–H groups in total. The minimum absolute atomic E-state index is 0.541. The molecule has 3 nitrogen and oxygen atoms in total. The highest BCUT2D eigenvalue weighted by atomic mass is 15.2. The quantitative estimate of drug-likeness (QED) is 0.867. The minimum Gasteiger partial charge on any atom is -0.326 e. The van der Waals surface area contributed by atoms with Crippen LogP contribution in [0.1, 0.15) is 31.0 Å². The van der Waals surface area contributed by atoms with E-state index >= 15 is 0 Å². The molecule has 0 aliphatic carbocycles. The molecule has 0 radical (unpaired) electrons.